The number of hydrogen-bond acceptors (Lipinski definition) is 6. The third-order valence-electron chi connectivity index (χ3n) is 2.56. The first-order valence-corrected chi connectivity index (χ1v) is 5.09. The van der Waals surface area contributed by atoms with E-state index < -0.39 is 6.04 Å². The first-order valence-electron chi connectivity index (χ1n) is 5.09. The van der Waals surface area contributed by atoms with Gasteiger partial charge >= 0.3 is 0 Å². The highest BCUT2D eigenvalue weighted by Gasteiger charge is 2.22. The zero-order chi connectivity index (χ0) is 10.7. The third kappa shape index (κ3) is 2.34. The second-order valence-corrected chi connectivity index (χ2v) is 3.67. The topological polar surface area (TPSA) is 94.4 Å². The largest absolute Gasteiger partial charge is 0.394 e. The van der Waals surface area contributed by atoms with E-state index in [0.29, 0.717) is 17.6 Å². The van der Waals surface area contributed by atoms with Gasteiger partial charge in [-0.25, -0.2) is 0 Å². The lowest BCUT2D eigenvalue weighted by molar-refractivity contribution is 0.0830. The van der Waals surface area contributed by atoms with Gasteiger partial charge in [-0.3, -0.25) is 0 Å². The predicted molar refractivity (Wildman–Crippen MR) is 51.1 cm³/mol. The maximum Gasteiger partial charge on any atom is 0.245 e. The summed E-state index contributed by atoms with van der Waals surface area (Å²) >= 11 is 0. The molecule has 1 saturated heterocycles. The fourth-order valence-electron chi connectivity index (χ4n) is 1.60. The Kier molecular flexibility index (Phi) is 3.30. The molecule has 0 spiro atoms. The van der Waals surface area contributed by atoms with Crippen LogP contribution in [-0.4, -0.2) is 35.1 Å². The van der Waals surface area contributed by atoms with Crippen molar-refractivity contribution in [2.45, 2.75) is 24.8 Å². The van der Waals surface area contributed by atoms with E-state index in [0.717, 1.165) is 26.1 Å². The number of nitrogens with two attached hydrogens (primary N) is 1. The van der Waals surface area contributed by atoms with E-state index in [2.05, 4.69) is 10.1 Å². The van der Waals surface area contributed by atoms with Gasteiger partial charge in [-0.2, -0.15) is 4.98 Å². The average molecular weight is 213 g/mol. The smallest absolute Gasteiger partial charge is 0.245 e. The predicted octanol–water partition coefficient (Wildman–Crippen LogP) is -0.0443. The molecule has 3 N–H and O–H groups in total. The first kappa shape index (κ1) is 10.5. The van der Waals surface area contributed by atoms with Gasteiger partial charge in [-0.1, -0.05) is 5.16 Å². The summed E-state index contributed by atoms with van der Waals surface area (Å²) in [4.78, 5) is 4.19. The summed E-state index contributed by atoms with van der Waals surface area (Å²) in [6.07, 6.45) is 1.82. The van der Waals surface area contributed by atoms with Crippen molar-refractivity contribution < 1.29 is 14.4 Å². The van der Waals surface area contributed by atoms with E-state index in [-0.39, 0.29) is 6.61 Å². The standard InChI is InChI=1S/C9H15N3O3/c10-7(5-13)9-11-8(12-15-9)6-1-3-14-4-2-6/h6-7,13H,1-5,10H2/t7-/m0/s1. The molecule has 0 radical (unpaired) electrons. The van der Waals surface area contributed by atoms with Crippen molar-refractivity contribution in [2.24, 2.45) is 5.73 Å². The Balaban J connectivity index is 2.05. The molecule has 6 nitrogen and oxygen atoms in total. The molecule has 0 amide bonds. The van der Waals surface area contributed by atoms with Gasteiger partial charge in [0.2, 0.25) is 5.89 Å². The Morgan fingerprint density at radius 2 is 2.20 bits per heavy atom. The van der Waals surface area contributed by atoms with Crippen LogP contribution in [0.4, 0.5) is 0 Å². The first-order chi connectivity index (χ1) is 7.31. The molecule has 0 unspecified atom stereocenters. The van der Waals surface area contributed by atoms with Crippen LogP contribution in [0.2, 0.25) is 0 Å². The van der Waals surface area contributed by atoms with E-state index in [1.165, 1.54) is 0 Å². The maximum absolute atomic E-state index is 8.84. The zero-order valence-electron chi connectivity index (χ0n) is 8.43. The van der Waals surface area contributed by atoms with E-state index >= 15 is 0 Å². The lowest BCUT2D eigenvalue weighted by atomic mass is 10.00. The molecule has 0 saturated carbocycles. The van der Waals surface area contributed by atoms with Gasteiger partial charge in [0.1, 0.15) is 6.04 Å². The maximum atomic E-state index is 8.84. The molecule has 1 fully saturated rings. The Bertz CT molecular complexity index is 309. The Morgan fingerprint density at radius 1 is 1.47 bits per heavy atom. The van der Waals surface area contributed by atoms with Crippen LogP contribution < -0.4 is 5.73 Å². The fraction of sp³-hybridized carbons (Fsp3) is 0.778. The van der Waals surface area contributed by atoms with Crippen molar-refractivity contribution in [3.63, 3.8) is 0 Å². The van der Waals surface area contributed by atoms with Crippen LogP contribution in [0.25, 0.3) is 0 Å². The molecule has 1 aliphatic rings. The van der Waals surface area contributed by atoms with Crippen LogP contribution in [0.15, 0.2) is 4.52 Å². The van der Waals surface area contributed by atoms with Crippen LogP contribution in [0.5, 0.6) is 0 Å². The van der Waals surface area contributed by atoms with Gasteiger partial charge in [0, 0.05) is 19.1 Å². The van der Waals surface area contributed by atoms with Crippen molar-refractivity contribution in [3.8, 4) is 0 Å². The highest BCUT2D eigenvalue weighted by molar-refractivity contribution is 4.98. The van der Waals surface area contributed by atoms with Crippen LogP contribution in [0.1, 0.15) is 36.5 Å². The number of aliphatic hydroxyl groups excluding tert-OH is 1. The number of aromatic nitrogens is 2. The van der Waals surface area contributed by atoms with Gasteiger partial charge in [0.25, 0.3) is 0 Å². The van der Waals surface area contributed by atoms with Crippen LogP contribution in [0, 0.1) is 0 Å². The molecule has 2 rings (SSSR count). The summed E-state index contributed by atoms with van der Waals surface area (Å²) < 4.78 is 10.2. The number of rotatable bonds is 3. The van der Waals surface area contributed by atoms with Crippen LogP contribution in [0.3, 0.4) is 0 Å². The molecule has 1 aromatic rings. The summed E-state index contributed by atoms with van der Waals surface area (Å²) in [5.41, 5.74) is 5.57. The SMILES string of the molecule is N[C@@H](CO)c1nc(C2CCOCC2)no1. The van der Waals surface area contributed by atoms with Crippen molar-refractivity contribution in [1.82, 2.24) is 10.1 Å². The Morgan fingerprint density at radius 3 is 2.87 bits per heavy atom. The Labute approximate surface area is 87.4 Å². The minimum atomic E-state index is -0.578. The minimum absolute atomic E-state index is 0.185. The normalized spacial score (nSPS) is 20.4. The average Bonchev–Trinajstić information content (AvgIpc) is 2.78. The lowest BCUT2D eigenvalue weighted by Crippen LogP contribution is -2.17. The molecule has 15 heavy (non-hydrogen) atoms. The lowest BCUT2D eigenvalue weighted by Gasteiger charge is -2.18. The summed E-state index contributed by atoms with van der Waals surface area (Å²) in [6.45, 7) is 1.29. The summed E-state index contributed by atoms with van der Waals surface area (Å²) in [5.74, 6) is 1.28. The van der Waals surface area contributed by atoms with Crippen LogP contribution >= 0.6 is 0 Å². The van der Waals surface area contributed by atoms with E-state index in [4.69, 9.17) is 20.1 Å². The van der Waals surface area contributed by atoms with Gasteiger partial charge in [0.05, 0.1) is 6.61 Å². The number of ether oxygens (including phenoxy) is 1. The summed E-state index contributed by atoms with van der Waals surface area (Å²) in [6, 6.07) is -0.578. The quantitative estimate of drug-likeness (QED) is 0.731. The molecule has 0 aliphatic carbocycles. The van der Waals surface area contributed by atoms with Crippen LogP contribution in [-0.2, 0) is 4.74 Å². The second kappa shape index (κ2) is 4.69. The number of aliphatic hydroxyl groups is 1. The summed E-state index contributed by atoms with van der Waals surface area (Å²) in [7, 11) is 0. The second-order valence-electron chi connectivity index (χ2n) is 3.67. The molecule has 1 aliphatic heterocycles. The van der Waals surface area contributed by atoms with E-state index in [1.807, 2.05) is 0 Å². The molecule has 1 aromatic heterocycles. The third-order valence-corrected chi connectivity index (χ3v) is 2.56. The Hall–Kier alpha value is -0.980. The molecule has 1 atom stereocenters. The van der Waals surface area contributed by atoms with Crippen molar-refractivity contribution in [3.05, 3.63) is 11.7 Å². The number of hydrogen-bond donors (Lipinski definition) is 2. The van der Waals surface area contributed by atoms with Gasteiger partial charge in [-0.05, 0) is 12.8 Å². The molecule has 2 heterocycles. The van der Waals surface area contributed by atoms with Gasteiger partial charge < -0.3 is 20.1 Å². The van der Waals surface area contributed by atoms with E-state index in [1.54, 1.807) is 0 Å². The molecule has 6 heteroatoms. The molecule has 0 aromatic carbocycles. The fourth-order valence-corrected chi connectivity index (χ4v) is 1.60. The van der Waals surface area contributed by atoms with Crippen molar-refractivity contribution >= 4 is 0 Å². The summed E-state index contributed by atoms with van der Waals surface area (Å²) in [5, 5.41) is 12.7. The molecule has 0 bridgehead atoms. The molecule has 84 valence electrons. The van der Waals surface area contributed by atoms with Gasteiger partial charge in [0.15, 0.2) is 5.82 Å². The highest BCUT2D eigenvalue weighted by Crippen LogP contribution is 2.24. The van der Waals surface area contributed by atoms with Crippen molar-refractivity contribution in [2.75, 3.05) is 19.8 Å². The van der Waals surface area contributed by atoms with Crippen molar-refractivity contribution in [1.29, 1.82) is 0 Å². The minimum Gasteiger partial charge on any atom is -0.394 e. The van der Waals surface area contributed by atoms with E-state index in [9.17, 15) is 0 Å². The molecular weight excluding hydrogens is 198 g/mol. The zero-order valence-corrected chi connectivity index (χ0v) is 8.43. The molecular formula is C9H15N3O3. The van der Waals surface area contributed by atoms with Gasteiger partial charge in [-0.15, -0.1) is 0 Å². The number of nitrogens with zero attached hydrogens (tertiary/aromatic N) is 2. The monoisotopic (exact) mass is 213 g/mol. The highest BCUT2D eigenvalue weighted by atomic mass is 16.5.